The van der Waals surface area contributed by atoms with Crippen LogP contribution in [0.1, 0.15) is 45.2 Å². The number of hydrogen-bond acceptors (Lipinski definition) is 5. The van der Waals surface area contributed by atoms with Crippen molar-refractivity contribution in [2.45, 2.75) is 25.7 Å². The molecule has 1 unspecified atom stereocenters. The smallest absolute Gasteiger partial charge is 0.277 e. The fourth-order valence-electron chi connectivity index (χ4n) is 5.15. The Morgan fingerprint density at radius 1 is 0.929 bits per heavy atom. The maximum Gasteiger partial charge on any atom is 0.277 e. The second kappa shape index (κ2) is 13.5. The molecule has 1 aromatic heterocycles. The van der Waals surface area contributed by atoms with Gasteiger partial charge < -0.3 is 14.4 Å². The van der Waals surface area contributed by atoms with Crippen molar-refractivity contribution in [3.8, 4) is 18.1 Å². The minimum Gasteiger partial charge on any atom is -0.482 e. The van der Waals surface area contributed by atoms with E-state index in [0.717, 1.165) is 22.3 Å². The number of benzene rings is 3. The molecule has 0 saturated heterocycles. The molecule has 1 amide bonds. The van der Waals surface area contributed by atoms with Crippen molar-refractivity contribution >= 4 is 5.91 Å². The third-order valence-electron chi connectivity index (χ3n) is 7.13. The summed E-state index contributed by atoms with van der Waals surface area (Å²) in [6.07, 6.45) is 9.35. The topological polar surface area (TPSA) is 64.0 Å². The lowest BCUT2D eigenvalue weighted by atomic mass is 9.94. The Bertz CT molecular complexity index is 1630. The van der Waals surface area contributed by atoms with E-state index in [-0.39, 0.29) is 42.1 Å². The SMILES string of the molecule is C#CCCN1CN(C(c2ccccc2)c2ccccc2COCC=C)n2ccc(=O)c(OCc3ccccc3)c2C1=O. The van der Waals surface area contributed by atoms with Crippen molar-refractivity contribution in [1.82, 2.24) is 9.58 Å². The molecule has 0 saturated carbocycles. The highest BCUT2D eigenvalue weighted by molar-refractivity contribution is 5.96. The zero-order valence-corrected chi connectivity index (χ0v) is 23.4. The van der Waals surface area contributed by atoms with E-state index in [1.54, 1.807) is 21.8 Å². The first-order valence-electron chi connectivity index (χ1n) is 13.9. The van der Waals surface area contributed by atoms with E-state index < -0.39 is 0 Å². The number of carbonyl (C=O) groups is 1. The number of terminal acetylenes is 1. The number of fused-ring (bicyclic) bond motifs is 1. The Balaban J connectivity index is 1.66. The number of pyridine rings is 1. The van der Waals surface area contributed by atoms with Crippen LogP contribution in [-0.2, 0) is 18.0 Å². The minimum atomic E-state index is -0.362. The van der Waals surface area contributed by atoms with Crippen LogP contribution in [0.5, 0.6) is 5.75 Å². The highest BCUT2D eigenvalue weighted by Gasteiger charge is 2.37. The molecule has 7 nitrogen and oxygen atoms in total. The van der Waals surface area contributed by atoms with E-state index in [0.29, 0.717) is 26.2 Å². The Labute approximate surface area is 246 Å². The first-order chi connectivity index (χ1) is 20.6. The van der Waals surface area contributed by atoms with Crippen LogP contribution in [0, 0.1) is 12.3 Å². The minimum absolute atomic E-state index is 0.0103. The average Bonchev–Trinajstić information content (AvgIpc) is 3.03. The zero-order chi connectivity index (χ0) is 29.3. The van der Waals surface area contributed by atoms with Crippen LogP contribution in [0.2, 0.25) is 0 Å². The summed E-state index contributed by atoms with van der Waals surface area (Å²) < 4.78 is 13.7. The highest BCUT2D eigenvalue weighted by Crippen LogP contribution is 2.34. The molecule has 5 rings (SSSR count). The van der Waals surface area contributed by atoms with Crippen LogP contribution in [0.25, 0.3) is 0 Å². The van der Waals surface area contributed by atoms with Crippen molar-refractivity contribution in [2.75, 3.05) is 24.8 Å². The molecule has 1 aliphatic heterocycles. The Morgan fingerprint density at radius 2 is 1.64 bits per heavy atom. The van der Waals surface area contributed by atoms with Gasteiger partial charge >= 0.3 is 0 Å². The van der Waals surface area contributed by atoms with Crippen LogP contribution in [0.4, 0.5) is 0 Å². The summed E-state index contributed by atoms with van der Waals surface area (Å²) in [5, 5.41) is 2.07. The number of amides is 1. The first-order valence-corrected chi connectivity index (χ1v) is 13.9. The van der Waals surface area contributed by atoms with Crippen LogP contribution in [-0.4, -0.2) is 35.3 Å². The molecule has 3 aromatic carbocycles. The largest absolute Gasteiger partial charge is 0.482 e. The van der Waals surface area contributed by atoms with Crippen molar-refractivity contribution < 1.29 is 14.3 Å². The Kier molecular flexibility index (Phi) is 9.17. The molecule has 42 heavy (non-hydrogen) atoms. The average molecular weight is 560 g/mol. The molecule has 2 heterocycles. The summed E-state index contributed by atoms with van der Waals surface area (Å²) in [5.74, 6) is 2.34. The van der Waals surface area contributed by atoms with Crippen LogP contribution in [0.3, 0.4) is 0 Å². The normalized spacial score (nSPS) is 13.3. The van der Waals surface area contributed by atoms with Gasteiger partial charge in [0.15, 0.2) is 11.4 Å². The van der Waals surface area contributed by atoms with Gasteiger partial charge in [-0.2, -0.15) is 0 Å². The summed E-state index contributed by atoms with van der Waals surface area (Å²) in [5.41, 5.74) is 3.72. The van der Waals surface area contributed by atoms with Crippen molar-refractivity contribution in [2.24, 2.45) is 0 Å². The summed E-state index contributed by atoms with van der Waals surface area (Å²) in [4.78, 5) is 28.8. The molecule has 0 fully saturated rings. The quantitative estimate of drug-likeness (QED) is 0.134. The molecule has 7 heteroatoms. The highest BCUT2D eigenvalue weighted by atomic mass is 16.5. The molecule has 0 aliphatic carbocycles. The van der Waals surface area contributed by atoms with E-state index in [4.69, 9.17) is 15.9 Å². The summed E-state index contributed by atoms with van der Waals surface area (Å²) >= 11 is 0. The van der Waals surface area contributed by atoms with E-state index >= 15 is 0 Å². The van der Waals surface area contributed by atoms with Gasteiger partial charge in [-0.3, -0.25) is 19.3 Å². The number of carbonyl (C=O) groups excluding carboxylic acids is 1. The molecule has 0 N–H and O–H groups in total. The molecular weight excluding hydrogens is 526 g/mol. The first kappa shape index (κ1) is 28.5. The standard InChI is InChI=1S/C35H33N3O4/c1-3-5-21-36-26-38(32(28-16-10-7-11-17-28)30-19-13-12-18-29(30)25-41-23-4-2)37-22-20-31(39)34(33(37)35(36)40)42-24-27-14-8-6-9-15-27/h1,4,6-20,22,32H,2,5,21,23-26H2. The fraction of sp³-hybridized carbons (Fsp3) is 0.200. The van der Waals surface area contributed by atoms with Gasteiger partial charge in [0.25, 0.3) is 5.91 Å². The van der Waals surface area contributed by atoms with Gasteiger partial charge in [0.05, 0.1) is 19.3 Å². The van der Waals surface area contributed by atoms with Gasteiger partial charge in [0.1, 0.15) is 13.3 Å². The molecule has 0 bridgehead atoms. The molecule has 0 spiro atoms. The third-order valence-corrected chi connectivity index (χ3v) is 7.13. The lowest BCUT2D eigenvalue weighted by Crippen LogP contribution is -2.56. The van der Waals surface area contributed by atoms with Crippen LogP contribution >= 0.6 is 0 Å². The maximum absolute atomic E-state index is 14.0. The molecule has 212 valence electrons. The van der Waals surface area contributed by atoms with Crippen molar-refractivity contribution in [3.05, 3.63) is 148 Å². The third kappa shape index (κ3) is 6.14. The Hall–Kier alpha value is -5.06. The number of aromatic nitrogens is 1. The molecule has 4 aromatic rings. The lowest BCUT2D eigenvalue weighted by Gasteiger charge is -2.44. The van der Waals surface area contributed by atoms with Crippen molar-refractivity contribution in [1.29, 1.82) is 0 Å². The fourth-order valence-corrected chi connectivity index (χ4v) is 5.15. The van der Waals surface area contributed by atoms with Gasteiger partial charge in [0, 0.05) is 25.2 Å². The van der Waals surface area contributed by atoms with E-state index in [1.807, 2.05) is 66.7 Å². The van der Waals surface area contributed by atoms with Gasteiger partial charge in [0.2, 0.25) is 5.43 Å². The van der Waals surface area contributed by atoms with Gasteiger partial charge in [-0.05, 0) is 22.3 Å². The summed E-state index contributed by atoms with van der Waals surface area (Å²) in [6.45, 7) is 5.30. The molecular formula is C35H33N3O4. The van der Waals surface area contributed by atoms with E-state index in [9.17, 15) is 9.59 Å². The second-order valence-corrected chi connectivity index (χ2v) is 9.90. The predicted octanol–water partition coefficient (Wildman–Crippen LogP) is 5.29. The number of rotatable bonds is 12. The maximum atomic E-state index is 14.0. The molecule has 0 radical (unpaired) electrons. The van der Waals surface area contributed by atoms with Gasteiger partial charge in [-0.15, -0.1) is 18.9 Å². The number of ether oxygens (including phenoxy) is 2. The zero-order valence-electron chi connectivity index (χ0n) is 23.4. The van der Waals surface area contributed by atoms with Crippen LogP contribution in [0.15, 0.2) is 115 Å². The van der Waals surface area contributed by atoms with E-state index in [1.165, 1.54) is 6.07 Å². The van der Waals surface area contributed by atoms with E-state index in [2.05, 4.69) is 35.7 Å². The molecule has 1 aliphatic rings. The molecule has 1 atom stereocenters. The lowest BCUT2D eigenvalue weighted by molar-refractivity contribution is 0.0680. The summed E-state index contributed by atoms with van der Waals surface area (Å²) in [6, 6.07) is 28.8. The predicted molar refractivity (Wildman–Crippen MR) is 164 cm³/mol. The second-order valence-electron chi connectivity index (χ2n) is 9.90. The summed E-state index contributed by atoms with van der Waals surface area (Å²) in [7, 11) is 0. The number of nitrogens with zero attached hydrogens (tertiary/aromatic N) is 3. The van der Waals surface area contributed by atoms with Crippen LogP contribution < -0.4 is 15.2 Å². The van der Waals surface area contributed by atoms with Gasteiger partial charge in [-0.1, -0.05) is 91.0 Å². The van der Waals surface area contributed by atoms with Gasteiger partial charge in [-0.25, -0.2) is 0 Å². The number of hydrogen-bond donors (Lipinski definition) is 0. The monoisotopic (exact) mass is 559 g/mol. The Morgan fingerprint density at radius 3 is 2.38 bits per heavy atom. The van der Waals surface area contributed by atoms with Crippen molar-refractivity contribution in [3.63, 3.8) is 0 Å².